The van der Waals surface area contributed by atoms with Gasteiger partial charge in [0.05, 0.1) is 12.5 Å². The lowest BCUT2D eigenvalue weighted by Gasteiger charge is -2.06. The third-order valence-corrected chi connectivity index (χ3v) is 3.71. The van der Waals surface area contributed by atoms with Gasteiger partial charge in [-0.15, -0.1) is 11.6 Å². The molecule has 0 aliphatic heterocycles. The largest absolute Gasteiger partial charge is 0.334 e. The Labute approximate surface area is 104 Å². The van der Waals surface area contributed by atoms with Crippen molar-refractivity contribution in [3.05, 3.63) is 42.4 Å². The Hall–Kier alpha value is -1.53. The highest BCUT2D eigenvalue weighted by molar-refractivity contribution is 7.92. The third-order valence-electron chi connectivity index (χ3n) is 2.10. The van der Waals surface area contributed by atoms with Gasteiger partial charge >= 0.3 is 0 Å². The minimum absolute atomic E-state index is 0.0220. The lowest BCUT2D eigenvalue weighted by atomic mass is 10.2. The smallest absolute Gasteiger partial charge is 0.278 e. The molecular weight excluding hydrogens is 262 g/mol. The van der Waals surface area contributed by atoms with Crippen molar-refractivity contribution in [3.8, 4) is 0 Å². The molecule has 0 saturated carbocycles. The molecule has 1 aromatic heterocycles. The Bertz CT molecular complexity index is 596. The van der Waals surface area contributed by atoms with Gasteiger partial charge in [-0.2, -0.15) is 8.42 Å². The van der Waals surface area contributed by atoms with E-state index < -0.39 is 10.0 Å². The minimum Gasteiger partial charge on any atom is -0.334 e. The van der Waals surface area contributed by atoms with Gasteiger partial charge in [0, 0.05) is 11.6 Å². The van der Waals surface area contributed by atoms with Gasteiger partial charge in [0.25, 0.3) is 10.0 Å². The molecule has 0 spiro atoms. The first kappa shape index (κ1) is 11.9. The van der Waals surface area contributed by atoms with Crippen LogP contribution in [0.3, 0.4) is 0 Å². The van der Waals surface area contributed by atoms with Gasteiger partial charge in [-0.1, -0.05) is 12.1 Å². The zero-order valence-electron chi connectivity index (χ0n) is 8.72. The molecule has 90 valence electrons. The molecule has 0 atom stereocenters. The zero-order chi connectivity index (χ0) is 12.3. The second-order valence-electron chi connectivity index (χ2n) is 3.36. The molecule has 0 aliphatic rings. The Balaban J connectivity index is 2.26. The average molecular weight is 272 g/mol. The first-order valence-corrected chi connectivity index (χ1v) is 6.80. The minimum atomic E-state index is -3.61. The van der Waals surface area contributed by atoms with Crippen molar-refractivity contribution in [1.82, 2.24) is 9.97 Å². The first-order chi connectivity index (χ1) is 8.12. The number of sulfonamides is 1. The number of anilines is 1. The van der Waals surface area contributed by atoms with Gasteiger partial charge in [-0.05, 0) is 17.7 Å². The fourth-order valence-electron chi connectivity index (χ4n) is 1.32. The van der Waals surface area contributed by atoms with E-state index in [4.69, 9.17) is 11.6 Å². The lowest BCUT2D eigenvalue weighted by molar-refractivity contribution is 0.598. The molecule has 2 rings (SSSR count). The van der Waals surface area contributed by atoms with Crippen LogP contribution in [0.1, 0.15) is 5.56 Å². The van der Waals surface area contributed by atoms with Gasteiger partial charge < -0.3 is 4.98 Å². The van der Waals surface area contributed by atoms with E-state index in [9.17, 15) is 8.42 Å². The number of nitrogens with zero attached hydrogens (tertiary/aromatic N) is 1. The third kappa shape index (κ3) is 2.78. The number of imidazole rings is 1. The fourth-order valence-corrected chi connectivity index (χ4v) is 2.44. The van der Waals surface area contributed by atoms with Gasteiger partial charge in [-0.25, -0.2) is 4.98 Å². The molecule has 1 aromatic carbocycles. The molecule has 0 aliphatic carbocycles. The summed E-state index contributed by atoms with van der Waals surface area (Å²) in [6, 6.07) is 6.90. The van der Waals surface area contributed by atoms with Crippen LogP contribution in [-0.2, 0) is 15.9 Å². The van der Waals surface area contributed by atoms with Gasteiger partial charge in [-0.3, -0.25) is 4.72 Å². The van der Waals surface area contributed by atoms with Crippen LogP contribution < -0.4 is 4.72 Å². The topological polar surface area (TPSA) is 74.8 Å². The van der Waals surface area contributed by atoms with Crippen molar-refractivity contribution in [2.24, 2.45) is 0 Å². The maximum atomic E-state index is 11.8. The van der Waals surface area contributed by atoms with E-state index in [-0.39, 0.29) is 5.03 Å². The van der Waals surface area contributed by atoms with E-state index in [1.54, 1.807) is 18.2 Å². The van der Waals surface area contributed by atoms with Crippen LogP contribution in [0.4, 0.5) is 5.69 Å². The standard InChI is InChI=1S/C10H10ClN3O2S/c11-5-8-2-1-3-9(4-8)14-17(15,16)10-6-12-7-13-10/h1-4,6-7,14H,5H2,(H,12,13). The molecule has 0 radical (unpaired) electrons. The first-order valence-electron chi connectivity index (χ1n) is 4.78. The molecule has 0 bridgehead atoms. The molecule has 2 aromatic rings. The van der Waals surface area contributed by atoms with Crippen LogP contribution in [0.2, 0.25) is 0 Å². The van der Waals surface area contributed by atoms with E-state index in [2.05, 4.69) is 14.7 Å². The fraction of sp³-hybridized carbons (Fsp3) is 0.100. The molecular formula is C10H10ClN3O2S. The number of aromatic nitrogens is 2. The molecule has 0 amide bonds. The molecule has 0 saturated heterocycles. The summed E-state index contributed by atoms with van der Waals surface area (Å²) >= 11 is 5.68. The number of H-pyrrole nitrogens is 1. The van der Waals surface area contributed by atoms with Crippen LogP contribution in [0.15, 0.2) is 41.8 Å². The second-order valence-corrected chi connectivity index (χ2v) is 5.27. The van der Waals surface area contributed by atoms with Crippen LogP contribution >= 0.6 is 11.6 Å². The number of nitrogens with one attached hydrogen (secondary N) is 2. The molecule has 7 heteroatoms. The average Bonchev–Trinajstić information content (AvgIpc) is 2.83. The molecule has 0 unspecified atom stereocenters. The zero-order valence-corrected chi connectivity index (χ0v) is 10.3. The summed E-state index contributed by atoms with van der Waals surface area (Å²) in [5.41, 5.74) is 1.31. The summed E-state index contributed by atoms with van der Waals surface area (Å²) < 4.78 is 26.1. The predicted octanol–water partition coefficient (Wildman–Crippen LogP) is 1.95. The predicted molar refractivity (Wildman–Crippen MR) is 65.4 cm³/mol. The van der Waals surface area contributed by atoms with E-state index >= 15 is 0 Å². The maximum Gasteiger partial charge on any atom is 0.278 e. The Morgan fingerprint density at radius 1 is 1.41 bits per heavy atom. The Morgan fingerprint density at radius 3 is 2.88 bits per heavy atom. The number of alkyl halides is 1. The Kier molecular flexibility index (Phi) is 3.35. The van der Waals surface area contributed by atoms with Gasteiger partial charge in [0.15, 0.2) is 5.03 Å². The summed E-state index contributed by atoms with van der Waals surface area (Å²) in [4.78, 5) is 6.21. The number of hydrogen-bond acceptors (Lipinski definition) is 3. The summed E-state index contributed by atoms with van der Waals surface area (Å²) in [7, 11) is -3.61. The number of halogens is 1. The van der Waals surface area contributed by atoms with E-state index in [1.807, 2.05) is 6.07 Å². The van der Waals surface area contributed by atoms with Crippen LogP contribution in [-0.4, -0.2) is 18.4 Å². The summed E-state index contributed by atoms with van der Waals surface area (Å²) in [5.74, 6) is 0.333. The summed E-state index contributed by atoms with van der Waals surface area (Å²) in [6.07, 6.45) is 2.55. The quantitative estimate of drug-likeness (QED) is 0.835. The molecule has 2 N–H and O–H groups in total. The SMILES string of the molecule is O=S(=O)(Nc1cccc(CCl)c1)c1cnc[nH]1. The van der Waals surface area contributed by atoms with E-state index in [1.165, 1.54) is 12.5 Å². The van der Waals surface area contributed by atoms with Crippen LogP contribution in [0.25, 0.3) is 0 Å². The highest BCUT2D eigenvalue weighted by Gasteiger charge is 2.15. The van der Waals surface area contributed by atoms with Crippen molar-refractivity contribution < 1.29 is 8.42 Å². The second kappa shape index (κ2) is 4.77. The molecule has 1 heterocycles. The number of rotatable bonds is 4. The summed E-state index contributed by atoms with van der Waals surface area (Å²) in [6.45, 7) is 0. The Morgan fingerprint density at radius 2 is 2.24 bits per heavy atom. The maximum absolute atomic E-state index is 11.8. The van der Waals surface area contributed by atoms with Crippen molar-refractivity contribution in [2.75, 3.05) is 4.72 Å². The van der Waals surface area contributed by atoms with Crippen molar-refractivity contribution in [3.63, 3.8) is 0 Å². The van der Waals surface area contributed by atoms with Crippen LogP contribution in [0, 0.1) is 0 Å². The van der Waals surface area contributed by atoms with Gasteiger partial charge in [0.1, 0.15) is 0 Å². The highest BCUT2D eigenvalue weighted by Crippen LogP contribution is 2.16. The lowest BCUT2D eigenvalue weighted by Crippen LogP contribution is -2.13. The van der Waals surface area contributed by atoms with E-state index in [0.29, 0.717) is 11.6 Å². The van der Waals surface area contributed by atoms with E-state index in [0.717, 1.165) is 5.56 Å². The van der Waals surface area contributed by atoms with Gasteiger partial charge in [0.2, 0.25) is 0 Å². The number of aromatic amines is 1. The van der Waals surface area contributed by atoms with Crippen LogP contribution in [0.5, 0.6) is 0 Å². The monoisotopic (exact) mass is 271 g/mol. The highest BCUT2D eigenvalue weighted by atomic mass is 35.5. The summed E-state index contributed by atoms with van der Waals surface area (Å²) in [5, 5.41) is 0.0220. The molecule has 5 nitrogen and oxygen atoms in total. The van der Waals surface area contributed by atoms with Crippen molar-refractivity contribution in [2.45, 2.75) is 10.9 Å². The number of hydrogen-bond donors (Lipinski definition) is 2. The number of benzene rings is 1. The van der Waals surface area contributed by atoms with Crippen molar-refractivity contribution >= 4 is 27.3 Å². The normalized spacial score (nSPS) is 11.4. The van der Waals surface area contributed by atoms with Crippen molar-refractivity contribution in [1.29, 1.82) is 0 Å². The molecule has 17 heavy (non-hydrogen) atoms. The molecule has 0 fully saturated rings.